The summed E-state index contributed by atoms with van der Waals surface area (Å²) in [5.74, 6) is 0.524. The maximum atomic E-state index is 13.6. The van der Waals surface area contributed by atoms with Gasteiger partial charge in [0.25, 0.3) is 0 Å². The van der Waals surface area contributed by atoms with Crippen molar-refractivity contribution in [1.29, 1.82) is 0 Å². The summed E-state index contributed by atoms with van der Waals surface area (Å²) in [4.78, 5) is 3.96. The molecule has 6 heteroatoms. The summed E-state index contributed by atoms with van der Waals surface area (Å²) < 4.78 is 15.3. The topological polar surface area (TPSA) is 29.9 Å². The van der Waals surface area contributed by atoms with Crippen LogP contribution in [0.5, 0.6) is 0 Å². The average Bonchev–Trinajstić information content (AvgIpc) is 2.30. The molecule has 0 atom stereocenters. The normalized spacial score (nSPS) is 18.0. The Morgan fingerprint density at radius 1 is 1.54 bits per heavy atom. The summed E-state index contributed by atoms with van der Waals surface area (Å²) in [6.45, 7) is 0.774. The molecule has 1 saturated heterocycles. The van der Waals surface area contributed by atoms with E-state index in [0.717, 1.165) is 0 Å². The standard InChI is InChI=1S/C7H10FN3.2ClH/c1-11-3-2-10-6(11)7(8)4-9-5-7;;/h2-3,9H,4-5H2,1H3;2*1H. The molecule has 0 aromatic carbocycles. The van der Waals surface area contributed by atoms with Gasteiger partial charge in [0, 0.05) is 32.5 Å². The van der Waals surface area contributed by atoms with Crippen molar-refractivity contribution in [2.75, 3.05) is 13.1 Å². The number of hydrogen-bond donors (Lipinski definition) is 1. The van der Waals surface area contributed by atoms with Crippen LogP contribution in [0.4, 0.5) is 4.39 Å². The van der Waals surface area contributed by atoms with Gasteiger partial charge >= 0.3 is 0 Å². The van der Waals surface area contributed by atoms with Crippen LogP contribution in [0.3, 0.4) is 0 Å². The highest BCUT2D eigenvalue weighted by atomic mass is 35.5. The van der Waals surface area contributed by atoms with Gasteiger partial charge in [0.2, 0.25) is 0 Å². The monoisotopic (exact) mass is 227 g/mol. The quantitative estimate of drug-likeness (QED) is 0.778. The van der Waals surface area contributed by atoms with Crippen LogP contribution in [0.2, 0.25) is 0 Å². The fourth-order valence-corrected chi connectivity index (χ4v) is 1.30. The fourth-order valence-electron chi connectivity index (χ4n) is 1.30. The highest BCUT2D eigenvalue weighted by molar-refractivity contribution is 5.85. The lowest BCUT2D eigenvalue weighted by Gasteiger charge is -2.33. The summed E-state index contributed by atoms with van der Waals surface area (Å²) >= 11 is 0. The number of rotatable bonds is 1. The molecule has 1 aliphatic heterocycles. The van der Waals surface area contributed by atoms with Gasteiger partial charge in [0.1, 0.15) is 5.82 Å². The zero-order valence-corrected chi connectivity index (χ0v) is 8.79. The van der Waals surface area contributed by atoms with Crippen LogP contribution in [0.1, 0.15) is 5.82 Å². The number of halogens is 3. The van der Waals surface area contributed by atoms with Crippen molar-refractivity contribution in [2.24, 2.45) is 7.05 Å². The van der Waals surface area contributed by atoms with Gasteiger partial charge in [-0.3, -0.25) is 0 Å². The molecule has 1 N–H and O–H groups in total. The van der Waals surface area contributed by atoms with E-state index < -0.39 is 5.67 Å². The van der Waals surface area contributed by atoms with Gasteiger partial charge < -0.3 is 9.88 Å². The first-order valence-electron chi connectivity index (χ1n) is 3.60. The van der Waals surface area contributed by atoms with E-state index in [1.165, 1.54) is 0 Å². The zero-order valence-electron chi connectivity index (χ0n) is 7.16. The van der Waals surface area contributed by atoms with Crippen molar-refractivity contribution in [3.63, 3.8) is 0 Å². The lowest BCUT2D eigenvalue weighted by molar-refractivity contribution is 0.0755. The molecule has 13 heavy (non-hydrogen) atoms. The minimum absolute atomic E-state index is 0. The van der Waals surface area contributed by atoms with Crippen LogP contribution in [0.15, 0.2) is 12.4 Å². The van der Waals surface area contributed by atoms with Crippen LogP contribution in [0, 0.1) is 0 Å². The van der Waals surface area contributed by atoms with Crippen LogP contribution >= 0.6 is 24.8 Å². The van der Waals surface area contributed by atoms with Crippen LogP contribution in [-0.4, -0.2) is 22.6 Å². The molecule has 0 unspecified atom stereocenters. The Morgan fingerprint density at radius 2 is 2.15 bits per heavy atom. The number of aryl methyl sites for hydroxylation is 1. The van der Waals surface area contributed by atoms with E-state index >= 15 is 0 Å². The first kappa shape index (κ1) is 12.7. The molecular formula is C7H12Cl2FN3. The number of nitrogens with zero attached hydrogens (tertiary/aromatic N) is 2. The molecule has 1 aromatic rings. The summed E-state index contributed by atoms with van der Waals surface area (Å²) in [5, 5.41) is 2.89. The third kappa shape index (κ3) is 1.95. The van der Waals surface area contributed by atoms with Crippen molar-refractivity contribution in [3.05, 3.63) is 18.2 Å². The van der Waals surface area contributed by atoms with E-state index in [1.807, 2.05) is 7.05 Å². The minimum Gasteiger partial charge on any atom is -0.335 e. The summed E-state index contributed by atoms with van der Waals surface area (Å²) in [5.41, 5.74) is -1.22. The molecule has 0 saturated carbocycles. The smallest absolute Gasteiger partial charge is 0.192 e. The van der Waals surface area contributed by atoms with Gasteiger partial charge in [-0.25, -0.2) is 9.37 Å². The number of aromatic nitrogens is 2. The maximum Gasteiger partial charge on any atom is 0.192 e. The van der Waals surface area contributed by atoms with Gasteiger partial charge in [-0.1, -0.05) is 0 Å². The second-order valence-electron chi connectivity index (χ2n) is 2.93. The third-order valence-electron chi connectivity index (χ3n) is 2.03. The minimum atomic E-state index is -1.22. The SMILES string of the molecule is Cl.Cl.Cn1ccnc1C1(F)CNC1. The number of nitrogens with one attached hydrogen (secondary N) is 1. The Labute approximate surface area is 88.5 Å². The van der Waals surface area contributed by atoms with Crippen molar-refractivity contribution < 1.29 is 4.39 Å². The number of alkyl halides is 1. The molecule has 0 bridgehead atoms. The molecule has 0 amide bonds. The predicted molar refractivity (Wildman–Crippen MR) is 53.4 cm³/mol. The molecule has 1 aliphatic rings. The van der Waals surface area contributed by atoms with E-state index in [2.05, 4.69) is 10.3 Å². The molecule has 76 valence electrons. The van der Waals surface area contributed by atoms with Crippen LogP contribution < -0.4 is 5.32 Å². The van der Waals surface area contributed by atoms with Gasteiger partial charge in [-0.15, -0.1) is 24.8 Å². The molecule has 2 heterocycles. The predicted octanol–water partition coefficient (Wildman–Crippen LogP) is 1.03. The Kier molecular flexibility index (Phi) is 4.16. The first-order valence-corrected chi connectivity index (χ1v) is 3.60. The van der Waals surface area contributed by atoms with Crippen LogP contribution in [-0.2, 0) is 12.7 Å². The van der Waals surface area contributed by atoms with Crippen molar-refractivity contribution in [3.8, 4) is 0 Å². The first-order chi connectivity index (χ1) is 5.22. The zero-order chi connectivity index (χ0) is 7.90. The van der Waals surface area contributed by atoms with Crippen molar-refractivity contribution >= 4 is 24.8 Å². The maximum absolute atomic E-state index is 13.6. The molecule has 0 aliphatic carbocycles. The number of imidazole rings is 1. The van der Waals surface area contributed by atoms with Gasteiger partial charge in [-0.2, -0.15) is 0 Å². The summed E-state index contributed by atoms with van der Waals surface area (Å²) in [6, 6.07) is 0. The summed E-state index contributed by atoms with van der Waals surface area (Å²) in [7, 11) is 1.81. The molecule has 1 fully saturated rings. The van der Waals surface area contributed by atoms with E-state index in [1.54, 1.807) is 17.0 Å². The highest BCUT2D eigenvalue weighted by Gasteiger charge is 2.42. The average molecular weight is 228 g/mol. The molecule has 1 aromatic heterocycles. The molecule has 0 radical (unpaired) electrons. The Balaban J connectivity index is 0.000000720. The van der Waals surface area contributed by atoms with E-state index in [9.17, 15) is 4.39 Å². The van der Waals surface area contributed by atoms with E-state index in [4.69, 9.17) is 0 Å². The molecule has 0 spiro atoms. The largest absolute Gasteiger partial charge is 0.335 e. The van der Waals surface area contributed by atoms with Gasteiger partial charge in [0.15, 0.2) is 5.67 Å². The Bertz CT molecular complexity index is 272. The summed E-state index contributed by atoms with van der Waals surface area (Å²) in [6.07, 6.45) is 3.38. The van der Waals surface area contributed by atoms with Crippen molar-refractivity contribution in [1.82, 2.24) is 14.9 Å². The highest BCUT2D eigenvalue weighted by Crippen LogP contribution is 2.27. The molecule has 2 rings (SSSR count). The Morgan fingerprint density at radius 3 is 2.46 bits per heavy atom. The molecule has 3 nitrogen and oxygen atoms in total. The lowest BCUT2D eigenvalue weighted by atomic mass is 9.99. The van der Waals surface area contributed by atoms with E-state index in [-0.39, 0.29) is 24.8 Å². The van der Waals surface area contributed by atoms with E-state index in [0.29, 0.717) is 18.9 Å². The van der Waals surface area contributed by atoms with Gasteiger partial charge in [-0.05, 0) is 0 Å². The Hall–Kier alpha value is -0.320. The van der Waals surface area contributed by atoms with Gasteiger partial charge in [0.05, 0.1) is 0 Å². The van der Waals surface area contributed by atoms with Crippen LogP contribution in [0.25, 0.3) is 0 Å². The van der Waals surface area contributed by atoms with Crippen molar-refractivity contribution in [2.45, 2.75) is 5.67 Å². The second kappa shape index (κ2) is 4.26. The fraction of sp³-hybridized carbons (Fsp3) is 0.571. The molecular weight excluding hydrogens is 216 g/mol. The lowest BCUT2D eigenvalue weighted by Crippen LogP contribution is -2.54. The third-order valence-corrected chi connectivity index (χ3v) is 2.03. The number of hydrogen-bond acceptors (Lipinski definition) is 2. The second-order valence-corrected chi connectivity index (χ2v) is 2.93.